The van der Waals surface area contributed by atoms with E-state index < -0.39 is 11.4 Å². The molecule has 0 atom stereocenters. The predicted molar refractivity (Wildman–Crippen MR) is 154 cm³/mol. The second-order valence-corrected chi connectivity index (χ2v) is 12.7. The molecule has 2 aromatic carbocycles. The number of halogens is 1. The molecule has 2 saturated carbocycles. The van der Waals surface area contributed by atoms with Crippen molar-refractivity contribution < 1.29 is 14.7 Å². The van der Waals surface area contributed by atoms with Gasteiger partial charge >= 0.3 is 5.97 Å². The third kappa shape index (κ3) is 5.12. The number of rotatable bonds is 8. The number of thiophene rings is 1. The van der Waals surface area contributed by atoms with Crippen LogP contribution in [0, 0.1) is 11.3 Å². The van der Waals surface area contributed by atoms with Crippen LogP contribution < -0.4 is 0 Å². The van der Waals surface area contributed by atoms with E-state index in [4.69, 9.17) is 0 Å². The third-order valence-corrected chi connectivity index (χ3v) is 10.6. The number of H-pyrrole nitrogens is 1. The Bertz CT molecular complexity index is 1490. The lowest BCUT2D eigenvalue weighted by molar-refractivity contribution is -0.152. The number of nitrogens with one attached hydrogen (secondary N) is 1. The van der Waals surface area contributed by atoms with Gasteiger partial charge < -0.3 is 10.0 Å². The van der Waals surface area contributed by atoms with Crippen LogP contribution in [0.1, 0.15) is 56.9 Å². The summed E-state index contributed by atoms with van der Waals surface area (Å²) in [7, 11) is 0. The molecule has 0 saturated heterocycles. The van der Waals surface area contributed by atoms with Gasteiger partial charge in [-0.3, -0.25) is 9.59 Å². The molecule has 0 spiro atoms. The van der Waals surface area contributed by atoms with Crippen LogP contribution in [-0.4, -0.2) is 49.1 Å². The van der Waals surface area contributed by atoms with E-state index in [1.54, 1.807) is 11.3 Å². The Balaban J connectivity index is 1.29. The molecule has 202 valence electrons. The Kier molecular flexibility index (Phi) is 7.24. The SMILES string of the molecule is O=C(C1CCCC1)N(Cc1ccc2sc(-c3ccc(-c4nn[nH]n4)cc3)c(Br)c2c1)CC1(C(=O)O)CCCC1. The van der Waals surface area contributed by atoms with Gasteiger partial charge in [0, 0.05) is 44.0 Å². The summed E-state index contributed by atoms with van der Waals surface area (Å²) in [6.07, 6.45) is 7.04. The number of tetrazole rings is 1. The highest BCUT2D eigenvalue weighted by Gasteiger charge is 2.44. The standard InChI is InChI=1S/C29H30BrN5O3S/c30-24-22-15-18(7-12-23(22)39-25(24)19-8-10-20(11-9-19)26-31-33-34-32-26)16-35(27(36)21-5-1-2-6-21)17-29(28(37)38)13-3-4-14-29/h7-12,15,21H,1-6,13-14,16-17H2,(H,37,38)(H,31,32,33,34). The highest BCUT2D eigenvalue weighted by atomic mass is 79.9. The predicted octanol–water partition coefficient (Wildman–Crippen LogP) is 6.67. The first-order valence-electron chi connectivity index (χ1n) is 13.5. The van der Waals surface area contributed by atoms with E-state index in [-0.39, 0.29) is 11.8 Å². The van der Waals surface area contributed by atoms with Gasteiger partial charge in [0.15, 0.2) is 0 Å². The molecule has 0 unspecified atom stereocenters. The number of benzene rings is 2. The number of nitrogens with zero attached hydrogens (tertiary/aromatic N) is 4. The zero-order valence-electron chi connectivity index (χ0n) is 21.5. The number of carboxylic acid groups (broad SMARTS) is 1. The fraction of sp³-hybridized carbons (Fsp3) is 0.414. The Morgan fingerprint density at radius 1 is 1.05 bits per heavy atom. The molecule has 2 fully saturated rings. The van der Waals surface area contributed by atoms with E-state index >= 15 is 0 Å². The summed E-state index contributed by atoms with van der Waals surface area (Å²) in [5.74, 6) is -0.0846. The highest BCUT2D eigenvalue weighted by molar-refractivity contribution is 9.10. The van der Waals surface area contributed by atoms with Crippen LogP contribution in [-0.2, 0) is 16.1 Å². The molecule has 1 amide bonds. The maximum absolute atomic E-state index is 13.6. The van der Waals surface area contributed by atoms with Crippen molar-refractivity contribution in [2.45, 2.75) is 57.9 Å². The summed E-state index contributed by atoms with van der Waals surface area (Å²) in [6.45, 7) is 0.718. The number of aliphatic carboxylic acids is 1. The van der Waals surface area contributed by atoms with Gasteiger partial charge in [0.25, 0.3) is 0 Å². The van der Waals surface area contributed by atoms with Gasteiger partial charge in [-0.1, -0.05) is 56.0 Å². The summed E-state index contributed by atoms with van der Waals surface area (Å²) >= 11 is 5.55. The quantitative estimate of drug-likeness (QED) is 0.231. The fourth-order valence-electron chi connectivity index (χ4n) is 6.17. The summed E-state index contributed by atoms with van der Waals surface area (Å²) < 4.78 is 2.16. The number of hydrogen-bond acceptors (Lipinski definition) is 6. The number of hydrogen-bond donors (Lipinski definition) is 2. The number of carbonyl (C=O) groups excluding carboxylic acids is 1. The molecule has 2 heterocycles. The minimum atomic E-state index is -0.831. The maximum atomic E-state index is 13.6. The Morgan fingerprint density at radius 3 is 2.44 bits per heavy atom. The average molecular weight is 609 g/mol. The lowest BCUT2D eigenvalue weighted by Crippen LogP contribution is -2.45. The first-order chi connectivity index (χ1) is 18.9. The second kappa shape index (κ2) is 10.8. The number of carbonyl (C=O) groups is 2. The van der Waals surface area contributed by atoms with E-state index in [2.05, 4.69) is 66.9 Å². The number of fused-ring (bicyclic) bond motifs is 1. The molecule has 2 aliphatic carbocycles. The molecule has 2 N–H and O–H groups in total. The second-order valence-electron chi connectivity index (χ2n) is 10.9. The van der Waals surface area contributed by atoms with E-state index in [1.165, 1.54) is 0 Å². The minimum absolute atomic E-state index is 0.0101. The normalized spacial score (nSPS) is 17.2. The molecule has 10 heteroatoms. The van der Waals surface area contributed by atoms with Crippen molar-refractivity contribution in [3.63, 3.8) is 0 Å². The van der Waals surface area contributed by atoms with E-state index in [1.807, 2.05) is 17.0 Å². The smallest absolute Gasteiger partial charge is 0.311 e. The molecular weight excluding hydrogens is 578 g/mol. The highest BCUT2D eigenvalue weighted by Crippen LogP contribution is 2.44. The van der Waals surface area contributed by atoms with Crippen LogP contribution in [0.2, 0.25) is 0 Å². The Hall–Kier alpha value is -3.11. The van der Waals surface area contributed by atoms with Gasteiger partial charge in [-0.15, -0.1) is 21.5 Å². The molecule has 0 radical (unpaired) electrons. The van der Waals surface area contributed by atoms with Crippen LogP contribution >= 0.6 is 27.3 Å². The van der Waals surface area contributed by atoms with Gasteiger partial charge in [-0.05, 0) is 70.1 Å². The van der Waals surface area contributed by atoms with E-state index in [0.29, 0.717) is 31.8 Å². The molecule has 4 aromatic rings. The van der Waals surface area contributed by atoms with Gasteiger partial charge in [0.1, 0.15) is 0 Å². The first-order valence-corrected chi connectivity index (χ1v) is 15.1. The average Bonchev–Trinajstić information content (AvgIpc) is 3.77. The maximum Gasteiger partial charge on any atom is 0.311 e. The van der Waals surface area contributed by atoms with Crippen molar-refractivity contribution in [3.05, 3.63) is 52.5 Å². The molecule has 0 aliphatic heterocycles. The van der Waals surface area contributed by atoms with Crippen LogP contribution in [0.4, 0.5) is 0 Å². The van der Waals surface area contributed by atoms with Crippen LogP contribution in [0.3, 0.4) is 0 Å². The number of carboxylic acids is 1. The molecule has 2 aromatic heterocycles. The van der Waals surface area contributed by atoms with Gasteiger partial charge in [-0.2, -0.15) is 5.21 Å². The van der Waals surface area contributed by atoms with Crippen LogP contribution in [0.25, 0.3) is 31.9 Å². The van der Waals surface area contributed by atoms with Crippen molar-refractivity contribution in [1.82, 2.24) is 25.5 Å². The summed E-state index contributed by atoms with van der Waals surface area (Å²) in [5.41, 5.74) is 2.16. The monoisotopic (exact) mass is 607 g/mol. The molecule has 8 nitrogen and oxygen atoms in total. The lowest BCUT2D eigenvalue weighted by Gasteiger charge is -2.34. The van der Waals surface area contributed by atoms with Gasteiger partial charge in [0.2, 0.25) is 11.7 Å². The van der Waals surface area contributed by atoms with Crippen molar-refractivity contribution in [2.75, 3.05) is 6.54 Å². The van der Waals surface area contributed by atoms with Crippen molar-refractivity contribution in [3.8, 4) is 21.8 Å². The van der Waals surface area contributed by atoms with E-state index in [0.717, 1.165) is 74.7 Å². The number of aromatic amines is 1. The van der Waals surface area contributed by atoms with Crippen molar-refractivity contribution >= 4 is 49.2 Å². The molecular formula is C29H30BrN5O3S. The Morgan fingerprint density at radius 2 is 1.77 bits per heavy atom. The Labute approximate surface area is 238 Å². The molecule has 0 bridgehead atoms. The first kappa shape index (κ1) is 26.1. The molecule has 2 aliphatic rings. The lowest BCUT2D eigenvalue weighted by atomic mass is 9.85. The van der Waals surface area contributed by atoms with Crippen LogP contribution in [0.15, 0.2) is 46.9 Å². The van der Waals surface area contributed by atoms with Gasteiger partial charge in [-0.25, -0.2) is 0 Å². The fourth-order valence-corrected chi connectivity index (χ4v) is 8.18. The number of amides is 1. The minimum Gasteiger partial charge on any atom is -0.481 e. The zero-order chi connectivity index (χ0) is 27.0. The van der Waals surface area contributed by atoms with E-state index in [9.17, 15) is 14.7 Å². The summed E-state index contributed by atoms with van der Waals surface area (Å²) in [5, 5.41) is 25.4. The van der Waals surface area contributed by atoms with Crippen LogP contribution in [0.5, 0.6) is 0 Å². The topological polar surface area (TPSA) is 112 Å². The summed E-state index contributed by atoms with van der Waals surface area (Å²) in [6, 6.07) is 14.4. The third-order valence-electron chi connectivity index (χ3n) is 8.34. The van der Waals surface area contributed by atoms with Crippen molar-refractivity contribution in [1.29, 1.82) is 0 Å². The summed E-state index contributed by atoms with van der Waals surface area (Å²) in [4.78, 5) is 29.0. The zero-order valence-corrected chi connectivity index (χ0v) is 23.9. The number of aromatic nitrogens is 4. The van der Waals surface area contributed by atoms with Crippen molar-refractivity contribution in [2.24, 2.45) is 11.3 Å². The largest absolute Gasteiger partial charge is 0.481 e. The molecule has 6 rings (SSSR count). The molecule has 39 heavy (non-hydrogen) atoms. The van der Waals surface area contributed by atoms with Gasteiger partial charge in [0.05, 0.1) is 5.41 Å².